The van der Waals surface area contributed by atoms with Gasteiger partial charge in [0, 0.05) is 47.6 Å². The van der Waals surface area contributed by atoms with Gasteiger partial charge in [0.1, 0.15) is 0 Å². The molecule has 0 atom stereocenters. The number of nitrogens with zero attached hydrogens (tertiary/aromatic N) is 3. The molecule has 0 spiro atoms. The van der Waals surface area contributed by atoms with E-state index in [0.29, 0.717) is 18.7 Å². The summed E-state index contributed by atoms with van der Waals surface area (Å²) in [7, 11) is 0. The molecule has 6 heteroatoms. The molecule has 0 unspecified atom stereocenters. The second-order valence-electron chi connectivity index (χ2n) is 4.24. The summed E-state index contributed by atoms with van der Waals surface area (Å²) in [5, 5.41) is 6.96. The van der Waals surface area contributed by atoms with E-state index in [4.69, 9.17) is 0 Å². The van der Waals surface area contributed by atoms with Gasteiger partial charge in [-0.25, -0.2) is 0 Å². The smallest absolute Gasteiger partial charge is 0.255 e. The molecule has 92 valence electrons. The number of fused-ring (bicyclic) bond motifs is 1. The van der Waals surface area contributed by atoms with Crippen molar-refractivity contribution in [1.29, 1.82) is 0 Å². The van der Waals surface area contributed by atoms with E-state index in [2.05, 4.69) is 31.1 Å². The average Bonchev–Trinajstić information content (AvgIpc) is 2.85. The summed E-state index contributed by atoms with van der Waals surface area (Å²) in [6.07, 6.45) is 5.87. The first-order chi connectivity index (χ1) is 8.74. The number of hydrogen-bond donors (Lipinski definition) is 1. The average molecular weight is 307 g/mol. The molecule has 3 rings (SSSR count). The van der Waals surface area contributed by atoms with Crippen LogP contribution < -0.4 is 0 Å². The number of rotatable bonds is 1. The normalized spacial score (nSPS) is 14.4. The number of aromatic amines is 1. The van der Waals surface area contributed by atoms with Crippen molar-refractivity contribution in [3.63, 3.8) is 0 Å². The van der Waals surface area contributed by atoms with E-state index in [1.807, 2.05) is 4.90 Å². The molecular weight excluding hydrogens is 296 g/mol. The summed E-state index contributed by atoms with van der Waals surface area (Å²) in [5.41, 5.74) is 2.83. The molecule has 0 fully saturated rings. The van der Waals surface area contributed by atoms with Crippen LogP contribution in [0.3, 0.4) is 0 Å². The highest BCUT2D eigenvalue weighted by Gasteiger charge is 2.23. The van der Waals surface area contributed by atoms with Gasteiger partial charge in [0.25, 0.3) is 5.91 Å². The molecule has 0 saturated carbocycles. The van der Waals surface area contributed by atoms with Gasteiger partial charge in [0.2, 0.25) is 0 Å². The Kier molecular flexibility index (Phi) is 2.87. The SMILES string of the molecule is O=C(c1cncc(Br)c1)N1CCc2[nH]ncc2C1. The fourth-order valence-electron chi connectivity index (χ4n) is 2.11. The minimum Gasteiger partial charge on any atom is -0.334 e. The van der Waals surface area contributed by atoms with E-state index in [9.17, 15) is 4.79 Å². The number of H-pyrrole nitrogens is 1. The first-order valence-corrected chi connectivity index (χ1v) is 6.44. The van der Waals surface area contributed by atoms with Crippen LogP contribution in [0.5, 0.6) is 0 Å². The number of pyridine rings is 1. The zero-order valence-electron chi connectivity index (χ0n) is 9.56. The molecule has 0 bridgehead atoms. The fraction of sp³-hybridized carbons (Fsp3) is 0.250. The van der Waals surface area contributed by atoms with E-state index < -0.39 is 0 Å². The summed E-state index contributed by atoms with van der Waals surface area (Å²) in [4.78, 5) is 18.2. The predicted octanol–water partition coefficient (Wildman–Crippen LogP) is 1.77. The molecule has 1 aliphatic rings. The Morgan fingerprint density at radius 2 is 2.28 bits per heavy atom. The molecule has 1 N–H and O–H groups in total. The lowest BCUT2D eigenvalue weighted by atomic mass is 10.1. The molecular formula is C12H11BrN4O. The number of halogens is 1. The van der Waals surface area contributed by atoms with E-state index in [0.717, 1.165) is 22.2 Å². The Morgan fingerprint density at radius 1 is 1.39 bits per heavy atom. The van der Waals surface area contributed by atoms with Crippen LogP contribution in [-0.2, 0) is 13.0 Å². The van der Waals surface area contributed by atoms with E-state index in [1.54, 1.807) is 24.7 Å². The monoisotopic (exact) mass is 306 g/mol. The maximum atomic E-state index is 12.3. The number of hydrogen-bond acceptors (Lipinski definition) is 3. The predicted molar refractivity (Wildman–Crippen MR) is 69.0 cm³/mol. The lowest BCUT2D eigenvalue weighted by Crippen LogP contribution is -2.35. The third-order valence-corrected chi connectivity index (χ3v) is 3.47. The summed E-state index contributed by atoms with van der Waals surface area (Å²) >= 11 is 3.33. The fourth-order valence-corrected chi connectivity index (χ4v) is 2.47. The number of carbonyl (C=O) groups excluding carboxylic acids is 1. The highest BCUT2D eigenvalue weighted by molar-refractivity contribution is 9.10. The van der Waals surface area contributed by atoms with Crippen LogP contribution >= 0.6 is 15.9 Å². The van der Waals surface area contributed by atoms with Crippen molar-refractivity contribution in [2.45, 2.75) is 13.0 Å². The van der Waals surface area contributed by atoms with Crippen molar-refractivity contribution in [3.05, 3.63) is 46.0 Å². The Hall–Kier alpha value is -1.69. The van der Waals surface area contributed by atoms with E-state index in [-0.39, 0.29) is 5.91 Å². The van der Waals surface area contributed by atoms with Crippen LogP contribution in [0.2, 0.25) is 0 Å². The van der Waals surface area contributed by atoms with Gasteiger partial charge < -0.3 is 4.90 Å². The molecule has 0 aliphatic carbocycles. The van der Waals surface area contributed by atoms with Crippen LogP contribution in [0.1, 0.15) is 21.6 Å². The van der Waals surface area contributed by atoms with Crippen molar-refractivity contribution in [2.24, 2.45) is 0 Å². The van der Waals surface area contributed by atoms with E-state index >= 15 is 0 Å². The lowest BCUT2D eigenvalue weighted by Gasteiger charge is -2.26. The Morgan fingerprint density at radius 3 is 3.11 bits per heavy atom. The third-order valence-electron chi connectivity index (χ3n) is 3.04. The zero-order valence-corrected chi connectivity index (χ0v) is 11.1. The van der Waals surface area contributed by atoms with Crippen molar-refractivity contribution < 1.29 is 4.79 Å². The molecule has 0 saturated heterocycles. The van der Waals surface area contributed by atoms with Crippen LogP contribution in [0.25, 0.3) is 0 Å². The van der Waals surface area contributed by atoms with Crippen molar-refractivity contribution >= 4 is 21.8 Å². The van der Waals surface area contributed by atoms with Gasteiger partial charge >= 0.3 is 0 Å². The maximum Gasteiger partial charge on any atom is 0.255 e. The van der Waals surface area contributed by atoms with Crippen LogP contribution in [-0.4, -0.2) is 32.5 Å². The highest BCUT2D eigenvalue weighted by Crippen LogP contribution is 2.19. The van der Waals surface area contributed by atoms with Crippen molar-refractivity contribution in [3.8, 4) is 0 Å². The van der Waals surface area contributed by atoms with Gasteiger partial charge in [-0.1, -0.05) is 0 Å². The Labute approximate surface area is 112 Å². The number of aromatic nitrogens is 3. The topological polar surface area (TPSA) is 61.9 Å². The molecule has 5 nitrogen and oxygen atoms in total. The van der Waals surface area contributed by atoms with Crippen LogP contribution in [0.15, 0.2) is 29.1 Å². The van der Waals surface area contributed by atoms with Gasteiger partial charge in [-0.05, 0) is 22.0 Å². The van der Waals surface area contributed by atoms with Crippen LogP contribution in [0.4, 0.5) is 0 Å². The highest BCUT2D eigenvalue weighted by atomic mass is 79.9. The van der Waals surface area contributed by atoms with E-state index in [1.165, 1.54) is 0 Å². The molecule has 0 radical (unpaired) electrons. The van der Waals surface area contributed by atoms with Gasteiger partial charge in [0.05, 0.1) is 11.8 Å². The van der Waals surface area contributed by atoms with Gasteiger partial charge in [-0.3, -0.25) is 14.9 Å². The summed E-state index contributed by atoms with van der Waals surface area (Å²) < 4.78 is 0.814. The zero-order chi connectivity index (χ0) is 12.5. The standard InChI is InChI=1S/C12H11BrN4O/c13-10-3-8(4-14-6-10)12(18)17-2-1-11-9(7-17)5-15-16-11/h3-6H,1-2,7H2,(H,15,16). The lowest BCUT2D eigenvalue weighted by molar-refractivity contribution is 0.0734. The first-order valence-electron chi connectivity index (χ1n) is 5.65. The van der Waals surface area contributed by atoms with Gasteiger partial charge in [0.15, 0.2) is 0 Å². The largest absolute Gasteiger partial charge is 0.334 e. The van der Waals surface area contributed by atoms with Crippen LogP contribution in [0, 0.1) is 0 Å². The summed E-state index contributed by atoms with van der Waals surface area (Å²) in [6, 6.07) is 1.79. The second-order valence-corrected chi connectivity index (χ2v) is 5.16. The van der Waals surface area contributed by atoms with Gasteiger partial charge in [-0.15, -0.1) is 0 Å². The third kappa shape index (κ3) is 2.03. The summed E-state index contributed by atoms with van der Waals surface area (Å²) in [6.45, 7) is 1.32. The summed E-state index contributed by atoms with van der Waals surface area (Å²) in [5.74, 6) is 0.00986. The second kappa shape index (κ2) is 4.53. The number of amides is 1. The molecule has 3 heterocycles. The molecule has 2 aromatic rings. The van der Waals surface area contributed by atoms with Gasteiger partial charge in [-0.2, -0.15) is 5.10 Å². The molecule has 1 amide bonds. The van der Waals surface area contributed by atoms with Crippen molar-refractivity contribution in [1.82, 2.24) is 20.1 Å². The molecule has 0 aromatic carbocycles. The molecule has 1 aliphatic heterocycles. The first kappa shape index (κ1) is 11.4. The number of nitrogens with one attached hydrogen (secondary N) is 1. The molecule has 2 aromatic heterocycles. The minimum atomic E-state index is 0.00986. The quantitative estimate of drug-likeness (QED) is 0.873. The molecule has 18 heavy (non-hydrogen) atoms. The Bertz CT molecular complexity index is 595. The van der Waals surface area contributed by atoms with Crippen molar-refractivity contribution in [2.75, 3.05) is 6.54 Å². The minimum absolute atomic E-state index is 0.00986. The Balaban J connectivity index is 1.83. The number of carbonyl (C=O) groups is 1. The maximum absolute atomic E-state index is 12.3.